The molecule has 0 aromatic rings. The lowest BCUT2D eigenvalue weighted by molar-refractivity contribution is 0.313. The number of unbranched alkanes of at least 4 members (excludes halogenated alkanes) is 1. The molecule has 0 saturated carbocycles. The van der Waals surface area contributed by atoms with E-state index in [2.05, 4.69) is 65.8 Å². The van der Waals surface area contributed by atoms with E-state index in [1.165, 1.54) is 12.8 Å². The third-order valence-electron chi connectivity index (χ3n) is 3.41. The Hall–Kier alpha value is 0.708. The fraction of sp³-hybridized carbons (Fsp3) is 1.00. The summed E-state index contributed by atoms with van der Waals surface area (Å²) in [6.45, 7) is 23.2. The molecule has 24 heavy (non-hydrogen) atoms. The van der Waals surface area contributed by atoms with E-state index in [-0.39, 0.29) is 0 Å². The first kappa shape index (κ1) is 24.7. The van der Waals surface area contributed by atoms with Gasteiger partial charge in [-0.1, -0.05) is 19.8 Å². The zero-order chi connectivity index (χ0) is 19.2. The van der Waals surface area contributed by atoms with E-state index < -0.39 is 33.8 Å². The average molecular weight is 410 g/mol. The molecule has 0 bridgehead atoms. The fourth-order valence-electron chi connectivity index (χ4n) is 3.40. The average Bonchev–Trinajstić information content (AvgIpc) is 2.20. The van der Waals surface area contributed by atoms with Crippen molar-refractivity contribution in [1.29, 1.82) is 0 Å². The summed E-state index contributed by atoms with van der Waals surface area (Å²) >= 11 is 0. The predicted molar refractivity (Wildman–Crippen MR) is 116 cm³/mol. The first-order chi connectivity index (χ1) is 10.6. The van der Waals surface area contributed by atoms with Crippen LogP contribution in [-0.4, -0.2) is 40.3 Å². The lowest BCUT2D eigenvalue weighted by Crippen LogP contribution is -2.57. The first-order valence-electron chi connectivity index (χ1n) is 9.38. The topological polar surface area (TPSA) is 53.7 Å². The molecule has 2 atom stereocenters. The highest BCUT2D eigenvalue weighted by atomic mass is 28.5. The standard InChI is InChI=1S/C16H43NO3Si4/c1-16(13-11-12-14-17)15-24(10,19-22(5,6)7)20-23(8,9)18-21(2,3)4/h16H,11-15,17H2,1-10H3. The molecular weight excluding hydrogens is 367 g/mol. The monoisotopic (exact) mass is 409 g/mol. The van der Waals surface area contributed by atoms with Gasteiger partial charge in [0.2, 0.25) is 0 Å². The van der Waals surface area contributed by atoms with Gasteiger partial charge < -0.3 is 18.1 Å². The van der Waals surface area contributed by atoms with Crippen LogP contribution in [0.25, 0.3) is 0 Å². The summed E-state index contributed by atoms with van der Waals surface area (Å²) in [4.78, 5) is 0. The molecule has 2 unspecified atom stereocenters. The lowest BCUT2D eigenvalue weighted by Gasteiger charge is -2.42. The van der Waals surface area contributed by atoms with Crippen LogP contribution >= 0.6 is 0 Å². The Kier molecular flexibility index (Phi) is 9.87. The SMILES string of the molecule is CC(CCCCN)C[Si](C)(O[Si](C)(C)C)O[Si](C)(C)O[Si](C)(C)C. The Bertz CT molecular complexity index is 369. The van der Waals surface area contributed by atoms with Gasteiger partial charge in [-0.15, -0.1) is 0 Å². The quantitative estimate of drug-likeness (QED) is 0.353. The van der Waals surface area contributed by atoms with Gasteiger partial charge in [-0.2, -0.15) is 0 Å². The van der Waals surface area contributed by atoms with E-state index in [4.69, 9.17) is 18.1 Å². The van der Waals surface area contributed by atoms with E-state index >= 15 is 0 Å². The summed E-state index contributed by atoms with van der Waals surface area (Å²) in [5.41, 5.74) is 5.62. The summed E-state index contributed by atoms with van der Waals surface area (Å²) < 4.78 is 19.8. The second kappa shape index (κ2) is 9.59. The summed E-state index contributed by atoms with van der Waals surface area (Å²) in [5, 5.41) is 0. The Morgan fingerprint density at radius 2 is 1.25 bits per heavy atom. The van der Waals surface area contributed by atoms with Crippen molar-refractivity contribution >= 4 is 33.8 Å². The predicted octanol–water partition coefficient (Wildman–Crippen LogP) is 5.24. The number of nitrogens with two attached hydrogens (primary N) is 1. The maximum absolute atomic E-state index is 6.73. The maximum Gasteiger partial charge on any atom is 0.316 e. The highest BCUT2D eigenvalue weighted by molar-refractivity contribution is 6.89. The molecule has 0 radical (unpaired) electrons. The van der Waals surface area contributed by atoms with Crippen LogP contribution in [-0.2, 0) is 12.3 Å². The molecule has 4 nitrogen and oxygen atoms in total. The molecule has 146 valence electrons. The van der Waals surface area contributed by atoms with Crippen LogP contribution in [0.1, 0.15) is 26.2 Å². The van der Waals surface area contributed by atoms with E-state index in [0.29, 0.717) is 5.92 Å². The van der Waals surface area contributed by atoms with Crippen LogP contribution in [0.5, 0.6) is 0 Å². The van der Waals surface area contributed by atoms with Gasteiger partial charge in [0.1, 0.15) is 0 Å². The molecular formula is C16H43NO3Si4. The summed E-state index contributed by atoms with van der Waals surface area (Å²) in [7, 11) is -7.71. The fourth-order valence-corrected chi connectivity index (χ4v) is 21.9. The molecule has 8 heteroatoms. The van der Waals surface area contributed by atoms with Gasteiger partial charge in [0.15, 0.2) is 16.6 Å². The molecule has 0 spiro atoms. The second-order valence-corrected chi connectivity index (χ2v) is 26.0. The normalized spacial score (nSPS) is 17.6. The number of rotatable bonds is 12. The minimum Gasteiger partial charge on any atom is -0.437 e. The van der Waals surface area contributed by atoms with Gasteiger partial charge in [0, 0.05) is 0 Å². The maximum atomic E-state index is 6.73. The molecule has 0 saturated heterocycles. The van der Waals surface area contributed by atoms with E-state index in [9.17, 15) is 0 Å². The minimum atomic E-state index is -2.25. The van der Waals surface area contributed by atoms with Crippen molar-refractivity contribution in [2.45, 2.75) is 91.2 Å². The highest BCUT2D eigenvalue weighted by Crippen LogP contribution is 2.30. The van der Waals surface area contributed by atoms with Crippen molar-refractivity contribution in [1.82, 2.24) is 0 Å². The van der Waals surface area contributed by atoms with Gasteiger partial charge in [0.05, 0.1) is 0 Å². The molecule has 0 aliphatic rings. The molecule has 0 aliphatic heterocycles. The molecule has 0 fully saturated rings. The van der Waals surface area contributed by atoms with Crippen molar-refractivity contribution in [2.75, 3.05) is 6.54 Å². The van der Waals surface area contributed by atoms with E-state index in [0.717, 1.165) is 19.0 Å². The first-order valence-corrected chi connectivity index (χ1v) is 21.5. The molecule has 0 aromatic heterocycles. The van der Waals surface area contributed by atoms with Crippen molar-refractivity contribution < 1.29 is 12.3 Å². The molecule has 2 N–H and O–H groups in total. The molecule has 0 amide bonds. The molecule has 0 rings (SSSR count). The zero-order valence-electron chi connectivity index (χ0n) is 17.9. The lowest BCUT2D eigenvalue weighted by atomic mass is 10.1. The molecule has 0 heterocycles. The van der Waals surface area contributed by atoms with Crippen molar-refractivity contribution in [3.8, 4) is 0 Å². The van der Waals surface area contributed by atoms with Gasteiger partial charge in [-0.25, -0.2) is 0 Å². The van der Waals surface area contributed by atoms with Crippen LogP contribution in [0.3, 0.4) is 0 Å². The molecule has 0 aliphatic carbocycles. The Morgan fingerprint density at radius 1 is 0.750 bits per heavy atom. The smallest absolute Gasteiger partial charge is 0.316 e. The van der Waals surface area contributed by atoms with Crippen LogP contribution < -0.4 is 5.73 Å². The van der Waals surface area contributed by atoms with Gasteiger partial charge in [0.25, 0.3) is 0 Å². The Labute approximate surface area is 155 Å². The third kappa shape index (κ3) is 13.0. The summed E-state index contributed by atoms with van der Waals surface area (Å²) in [5.74, 6) is 0.612. The second-order valence-electron chi connectivity index (χ2n) is 9.66. The van der Waals surface area contributed by atoms with Crippen LogP contribution in [0.4, 0.5) is 0 Å². The molecule has 0 aromatic carbocycles. The van der Waals surface area contributed by atoms with Crippen molar-refractivity contribution in [3.05, 3.63) is 0 Å². The Morgan fingerprint density at radius 3 is 1.67 bits per heavy atom. The summed E-state index contributed by atoms with van der Waals surface area (Å²) in [6, 6.07) is 1.05. The third-order valence-corrected chi connectivity index (χ3v) is 17.1. The Balaban J connectivity index is 5.06. The van der Waals surface area contributed by atoms with Crippen molar-refractivity contribution in [2.24, 2.45) is 11.7 Å². The minimum absolute atomic E-state index is 0.612. The number of hydrogen-bond donors (Lipinski definition) is 1. The van der Waals surface area contributed by atoms with Gasteiger partial charge in [-0.05, 0) is 83.9 Å². The van der Waals surface area contributed by atoms with E-state index in [1.54, 1.807) is 0 Å². The largest absolute Gasteiger partial charge is 0.437 e. The van der Waals surface area contributed by atoms with Crippen LogP contribution in [0.15, 0.2) is 0 Å². The number of hydrogen-bond acceptors (Lipinski definition) is 4. The summed E-state index contributed by atoms with van der Waals surface area (Å²) in [6.07, 6.45) is 3.51. The van der Waals surface area contributed by atoms with Crippen LogP contribution in [0.2, 0.25) is 65.0 Å². The van der Waals surface area contributed by atoms with Gasteiger partial charge in [-0.3, -0.25) is 0 Å². The highest BCUT2D eigenvalue weighted by Gasteiger charge is 2.45. The zero-order valence-corrected chi connectivity index (χ0v) is 21.9. The van der Waals surface area contributed by atoms with Gasteiger partial charge >= 0.3 is 17.1 Å². The van der Waals surface area contributed by atoms with Crippen molar-refractivity contribution in [3.63, 3.8) is 0 Å². The van der Waals surface area contributed by atoms with Crippen LogP contribution in [0, 0.1) is 5.92 Å². The van der Waals surface area contributed by atoms with E-state index in [1.807, 2.05) is 0 Å².